The molecule has 4 aliphatic rings. The third-order valence-electron chi connectivity index (χ3n) is 10.9. The molecule has 0 spiro atoms. The van der Waals surface area contributed by atoms with Crippen molar-refractivity contribution < 1.29 is 23.9 Å². The molecule has 4 unspecified atom stereocenters. The zero-order valence-corrected chi connectivity index (χ0v) is 29.0. The van der Waals surface area contributed by atoms with Crippen molar-refractivity contribution in [3.05, 3.63) is 114 Å². The summed E-state index contributed by atoms with van der Waals surface area (Å²) in [7, 11) is 0. The summed E-state index contributed by atoms with van der Waals surface area (Å²) in [4.78, 5) is 63.4. The topological polar surface area (TPSA) is 103 Å². The zero-order valence-electron chi connectivity index (χ0n) is 29.0. The van der Waals surface area contributed by atoms with Gasteiger partial charge in [0.2, 0.25) is 17.7 Å². The van der Waals surface area contributed by atoms with Crippen LogP contribution in [0.1, 0.15) is 61.3 Å². The molecule has 0 aliphatic carbocycles. The number of amides is 4. The second-order valence-corrected chi connectivity index (χ2v) is 14.0. The van der Waals surface area contributed by atoms with Gasteiger partial charge in [0.15, 0.2) is 0 Å². The van der Waals surface area contributed by atoms with Crippen molar-refractivity contribution in [1.82, 2.24) is 24.9 Å². The quantitative estimate of drug-likeness (QED) is 0.284. The summed E-state index contributed by atoms with van der Waals surface area (Å²) in [6.45, 7) is 3.88. The highest BCUT2D eigenvalue weighted by molar-refractivity contribution is 5.99. The standard InChI is InChI=1S/C41H47N5O5/c47-37(44-25-21-33(22-26-44)43-23-11-4-12-24-43)27-35(39(48)42-28-31-15-7-2-8-16-31)45-34(20-19-30-13-5-1-6-14-30)38(40(45)49)46-36(29-51-41(46)50)32-17-9-3-10-18-32/h1-3,5-10,13-20,33-36,38H,4,11-12,21-29H2,(H,42,48)/b20-19+. The molecule has 51 heavy (non-hydrogen) atoms. The molecule has 10 heteroatoms. The lowest BCUT2D eigenvalue weighted by Crippen LogP contribution is -2.74. The number of carbonyl (C=O) groups excluding carboxylic acids is 4. The summed E-state index contributed by atoms with van der Waals surface area (Å²) in [6.07, 6.45) is 8.61. The average Bonchev–Trinajstić information content (AvgIpc) is 3.56. The molecule has 0 aromatic heterocycles. The minimum Gasteiger partial charge on any atom is -0.447 e. The van der Waals surface area contributed by atoms with E-state index in [0.717, 1.165) is 42.6 Å². The molecule has 0 radical (unpaired) electrons. The maximum Gasteiger partial charge on any atom is 0.411 e. The lowest BCUT2D eigenvalue weighted by Gasteiger charge is -2.52. The number of hydrogen-bond acceptors (Lipinski definition) is 6. The number of hydrogen-bond donors (Lipinski definition) is 1. The Kier molecular flexibility index (Phi) is 10.8. The van der Waals surface area contributed by atoms with Crippen molar-refractivity contribution >= 4 is 29.9 Å². The molecule has 3 aromatic rings. The normalized spacial score (nSPS) is 23.6. The molecule has 1 N–H and O–H groups in total. The van der Waals surface area contributed by atoms with Crippen LogP contribution >= 0.6 is 0 Å². The number of β-lactam (4-membered cyclic amide) rings is 1. The molecule has 0 saturated carbocycles. The number of benzene rings is 3. The first-order valence-corrected chi connectivity index (χ1v) is 18.4. The van der Waals surface area contributed by atoms with Crippen molar-refractivity contribution in [2.75, 3.05) is 32.8 Å². The molecule has 3 aromatic carbocycles. The van der Waals surface area contributed by atoms with Crippen LogP contribution in [0.25, 0.3) is 6.08 Å². The van der Waals surface area contributed by atoms with Crippen LogP contribution in [0.2, 0.25) is 0 Å². The Bertz CT molecular complexity index is 1690. The molecule has 266 valence electrons. The Morgan fingerprint density at radius 2 is 1.47 bits per heavy atom. The van der Waals surface area contributed by atoms with Crippen molar-refractivity contribution in [2.45, 2.75) is 75.3 Å². The first kappa shape index (κ1) is 34.5. The smallest absolute Gasteiger partial charge is 0.411 e. The maximum atomic E-state index is 14.4. The number of cyclic esters (lactones) is 1. The number of piperidine rings is 2. The second-order valence-electron chi connectivity index (χ2n) is 14.0. The molecule has 4 heterocycles. The predicted octanol–water partition coefficient (Wildman–Crippen LogP) is 5.02. The molecule has 4 saturated heterocycles. The monoisotopic (exact) mass is 689 g/mol. The van der Waals surface area contributed by atoms with Crippen LogP contribution in [-0.2, 0) is 25.7 Å². The number of nitrogens with one attached hydrogen (secondary N) is 1. The van der Waals surface area contributed by atoms with Crippen molar-refractivity contribution in [3.8, 4) is 0 Å². The van der Waals surface area contributed by atoms with E-state index < -0.39 is 36.2 Å². The highest BCUT2D eigenvalue weighted by atomic mass is 16.6. The van der Waals surface area contributed by atoms with Gasteiger partial charge in [-0.15, -0.1) is 0 Å². The lowest BCUT2D eigenvalue weighted by atomic mass is 9.87. The van der Waals surface area contributed by atoms with E-state index in [1.807, 2.05) is 108 Å². The van der Waals surface area contributed by atoms with Gasteiger partial charge >= 0.3 is 6.09 Å². The summed E-state index contributed by atoms with van der Waals surface area (Å²) in [5.41, 5.74) is 2.69. The first-order valence-electron chi connectivity index (χ1n) is 18.4. The lowest BCUT2D eigenvalue weighted by molar-refractivity contribution is -0.164. The van der Waals surface area contributed by atoms with Gasteiger partial charge in [0.25, 0.3) is 0 Å². The van der Waals surface area contributed by atoms with Crippen molar-refractivity contribution in [3.63, 3.8) is 0 Å². The molecule has 4 aliphatic heterocycles. The summed E-state index contributed by atoms with van der Waals surface area (Å²) in [6, 6.07) is 26.2. The third kappa shape index (κ3) is 7.71. The largest absolute Gasteiger partial charge is 0.447 e. The fourth-order valence-corrected chi connectivity index (χ4v) is 8.08. The fourth-order valence-electron chi connectivity index (χ4n) is 8.08. The van der Waals surface area contributed by atoms with Gasteiger partial charge in [0.1, 0.15) is 18.7 Å². The molecular formula is C41H47N5O5. The first-order chi connectivity index (χ1) is 25.0. The van der Waals surface area contributed by atoms with E-state index in [0.29, 0.717) is 19.1 Å². The number of ether oxygens (including phenoxy) is 1. The molecule has 4 atom stereocenters. The van der Waals surface area contributed by atoms with Crippen LogP contribution in [0.4, 0.5) is 4.79 Å². The van der Waals surface area contributed by atoms with Gasteiger partial charge in [-0.05, 0) is 55.5 Å². The van der Waals surface area contributed by atoms with Crippen LogP contribution in [0, 0.1) is 0 Å². The van der Waals surface area contributed by atoms with Crippen LogP contribution in [-0.4, -0.2) is 100 Å². The summed E-state index contributed by atoms with van der Waals surface area (Å²) < 4.78 is 5.52. The van der Waals surface area contributed by atoms with Gasteiger partial charge in [-0.25, -0.2) is 4.79 Å². The van der Waals surface area contributed by atoms with Crippen molar-refractivity contribution in [1.29, 1.82) is 0 Å². The molecular weight excluding hydrogens is 642 g/mol. The van der Waals surface area contributed by atoms with Crippen LogP contribution in [0.3, 0.4) is 0 Å². The number of likely N-dealkylation sites (tertiary alicyclic amines) is 3. The van der Waals surface area contributed by atoms with Gasteiger partial charge < -0.3 is 24.8 Å². The zero-order chi connectivity index (χ0) is 35.2. The van der Waals surface area contributed by atoms with E-state index in [1.54, 1.807) is 0 Å². The number of rotatable bonds is 11. The SMILES string of the molecule is O=C(NCc1ccccc1)C(CC(=O)N1CCC(N2CCCCC2)CC1)N1C(=O)C(N2C(=O)OCC2c2ccccc2)C1/C=C/c1ccccc1. The maximum absolute atomic E-state index is 14.4. The highest BCUT2D eigenvalue weighted by Gasteiger charge is 2.58. The van der Waals surface area contributed by atoms with E-state index in [1.165, 1.54) is 29.1 Å². The Morgan fingerprint density at radius 3 is 2.16 bits per heavy atom. The van der Waals surface area contributed by atoms with E-state index in [9.17, 15) is 19.2 Å². The molecule has 4 amide bonds. The van der Waals surface area contributed by atoms with Gasteiger partial charge in [-0.3, -0.25) is 19.3 Å². The Hall–Kier alpha value is -4.96. The van der Waals surface area contributed by atoms with Crippen LogP contribution < -0.4 is 5.32 Å². The summed E-state index contributed by atoms with van der Waals surface area (Å²) >= 11 is 0. The van der Waals surface area contributed by atoms with Gasteiger partial charge in [-0.2, -0.15) is 0 Å². The molecule has 0 bridgehead atoms. The second kappa shape index (κ2) is 15.9. The minimum atomic E-state index is -1.07. The average molecular weight is 690 g/mol. The van der Waals surface area contributed by atoms with E-state index in [4.69, 9.17) is 4.74 Å². The number of nitrogens with zero attached hydrogens (tertiary/aromatic N) is 4. The highest BCUT2D eigenvalue weighted by Crippen LogP contribution is 2.39. The van der Waals surface area contributed by atoms with Crippen LogP contribution in [0.15, 0.2) is 97.1 Å². The fraction of sp³-hybridized carbons (Fsp3) is 0.415. The molecule has 4 fully saturated rings. The van der Waals surface area contributed by atoms with Gasteiger partial charge in [0, 0.05) is 25.7 Å². The van der Waals surface area contributed by atoms with Gasteiger partial charge in [-0.1, -0.05) is 110 Å². The van der Waals surface area contributed by atoms with Crippen molar-refractivity contribution in [2.24, 2.45) is 0 Å². The summed E-state index contributed by atoms with van der Waals surface area (Å²) in [5, 5.41) is 3.01. The molecule has 7 rings (SSSR count). The minimum absolute atomic E-state index is 0.120. The van der Waals surface area contributed by atoms with E-state index in [2.05, 4.69) is 10.2 Å². The molecule has 10 nitrogen and oxygen atoms in total. The Morgan fingerprint density at radius 1 is 0.824 bits per heavy atom. The summed E-state index contributed by atoms with van der Waals surface area (Å²) in [5.74, 6) is -0.922. The third-order valence-corrected chi connectivity index (χ3v) is 10.9. The Labute approximate surface area is 300 Å². The predicted molar refractivity (Wildman–Crippen MR) is 194 cm³/mol. The van der Waals surface area contributed by atoms with E-state index in [-0.39, 0.29) is 31.4 Å². The number of carbonyl (C=O) groups is 4. The Balaban J connectivity index is 1.15. The van der Waals surface area contributed by atoms with Crippen LogP contribution in [0.5, 0.6) is 0 Å². The van der Waals surface area contributed by atoms with E-state index >= 15 is 0 Å². The van der Waals surface area contributed by atoms with Gasteiger partial charge in [0.05, 0.1) is 18.5 Å².